The summed E-state index contributed by atoms with van der Waals surface area (Å²) in [5.41, 5.74) is 8.13. The topological polar surface area (TPSA) is 108 Å². The van der Waals surface area contributed by atoms with E-state index in [2.05, 4.69) is 10.5 Å². The Morgan fingerprint density at radius 3 is 2.53 bits per heavy atom. The zero-order valence-electron chi connectivity index (χ0n) is 9.21. The van der Waals surface area contributed by atoms with E-state index in [4.69, 9.17) is 33.5 Å². The number of nitrogens with zero attached hydrogens (tertiary/aromatic N) is 2. The molecule has 1 aliphatic heterocycles. The fraction of sp³-hybridized carbons (Fsp3) is 0. The highest BCUT2D eigenvalue weighted by molar-refractivity contribution is 7.86. The third kappa shape index (κ3) is 2.76. The summed E-state index contributed by atoms with van der Waals surface area (Å²) in [4.78, 5) is -0.347. The van der Waals surface area contributed by atoms with Gasteiger partial charge < -0.3 is 5.73 Å². The molecule has 0 bridgehead atoms. The number of hydrazine groups is 1. The Morgan fingerprint density at radius 2 is 1.95 bits per heavy atom. The molecule has 0 atom stereocenters. The van der Waals surface area contributed by atoms with Crippen LogP contribution in [0.5, 0.6) is 0 Å². The lowest BCUT2D eigenvalue weighted by atomic mass is 10.3. The van der Waals surface area contributed by atoms with Gasteiger partial charge in [0, 0.05) is 0 Å². The predicted octanol–water partition coefficient (Wildman–Crippen LogP) is 1.18. The van der Waals surface area contributed by atoms with Crippen LogP contribution in [0.3, 0.4) is 0 Å². The van der Waals surface area contributed by atoms with Crippen molar-refractivity contribution in [1.82, 2.24) is 5.43 Å². The molecule has 1 aromatic rings. The van der Waals surface area contributed by atoms with E-state index in [0.29, 0.717) is 0 Å². The molecule has 1 aliphatic rings. The molecule has 10 heteroatoms. The van der Waals surface area contributed by atoms with Crippen molar-refractivity contribution < 1.29 is 13.0 Å². The summed E-state index contributed by atoms with van der Waals surface area (Å²) in [6.07, 6.45) is 0. The molecule has 0 radical (unpaired) electrons. The van der Waals surface area contributed by atoms with Gasteiger partial charge in [0.25, 0.3) is 10.1 Å². The van der Waals surface area contributed by atoms with E-state index in [1.165, 1.54) is 18.2 Å². The third-order valence-electron chi connectivity index (χ3n) is 2.22. The summed E-state index contributed by atoms with van der Waals surface area (Å²) < 4.78 is 31.7. The quantitative estimate of drug-likeness (QED) is 0.557. The van der Waals surface area contributed by atoms with Gasteiger partial charge >= 0.3 is 0 Å². The number of rotatable bonds is 2. The second-order valence-electron chi connectivity index (χ2n) is 3.48. The van der Waals surface area contributed by atoms with E-state index >= 15 is 0 Å². The molecule has 2 rings (SSSR count). The van der Waals surface area contributed by atoms with Crippen molar-refractivity contribution in [3.63, 3.8) is 0 Å². The molecule has 0 aromatic heterocycles. The van der Waals surface area contributed by atoms with Crippen molar-refractivity contribution in [2.75, 3.05) is 5.12 Å². The van der Waals surface area contributed by atoms with Gasteiger partial charge in [0.05, 0.1) is 0 Å². The van der Waals surface area contributed by atoms with Gasteiger partial charge in [-0.05, 0) is 12.1 Å². The average molecular weight is 323 g/mol. The summed E-state index contributed by atoms with van der Waals surface area (Å²) in [7, 11) is -4.42. The number of hydrogen-bond acceptors (Lipinski definition) is 6. The molecule has 0 spiro atoms. The summed E-state index contributed by atoms with van der Waals surface area (Å²) in [6.45, 7) is 0. The summed E-state index contributed by atoms with van der Waals surface area (Å²) in [5.74, 6) is 0. The van der Waals surface area contributed by atoms with E-state index in [1.807, 2.05) is 0 Å². The van der Waals surface area contributed by atoms with Crippen molar-refractivity contribution in [2.45, 2.75) is 4.90 Å². The van der Waals surface area contributed by atoms with Crippen molar-refractivity contribution in [3.8, 4) is 0 Å². The minimum Gasteiger partial charge on any atom is -0.394 e. The molecule has 0 saturated heterocycles. The van der Waals surface area contributed by atoms with E-state index in [-0.39, 0.29) is 26.6 Å². The van der Waals surface area contributed by atoms with Crippen LogP contribution in [0.4, 0.5) is 5.69 Å². The van der Waals surface area contributed by atoms with Gasteiger partial charge in [0.2, 0.25) is 0 Å². The Labute approximate surface area is 119 Å². The number of halogens is 2. The van der Waals surface area contributed by atoms with E-state index in [9.17, 15) is 8.42 Å². The van der Waals surface area contributed by atoms with Crippen molar-refractivity contribution in [1.29, 1.82) is 0 Å². The van der Waals surface area contributed by atoms with Crippen LogP contribution in [0.1, 0.15) is 0 Å². The van der Waals surface area contributed by atoms with Crippen molar-refractivity contribution >= 4 is 44.2 Å². The standard InChI is InChI=1S/C9H8Cl2N4O3S/c10-8-7(12)9(11)14-15(13-8)5-3-1-2-4-6(5)19(16,17)18/h1-4,13H,12H2,(H,16,17,18). The van der Waals surface area contributed by atoms with Gasteiger partial charge in [-0.3, -0.25) is 9.98 Å². The molecular weight excluding hydrogens is 315 g/mol. The van der Waals surface area contributed by atoms with Gasteiger partial charge in [-0.25, -0.2) is 0 Å². The van der Waals surface area contributed by atoms with Crippen LogP contribution in [-0.2, 0) is 10.1 Å². The maximum Gasteiger partial charge on any atom is 0.296 e. The van der Waals surface area contributed by atoms with Crippen LogP contribution < -0.4 is 16.3 Å². The molecule has 1 aromatic carbocycles. The fourth-order valence-electron chi connectivity index (χ4n) is 1.37. The lowest BCUT2D eigenvalue weighted by molar-refractivity contribution is 0.482. The number of anilines is 1. The predicted molar refractivity (Wildman–Crippen MR) is 72.2 cm³/mol. The first-order chi connectivity index (χ1) is 8.80. The molecule has 0 aliphatic carbocycles. The highest BCUT2D eigenvalue weighted by Gasteiger charge is 2.24. The monoisotopic (exact) mass is 322 g/mol. The van der Waals surface area contributed by atoms with E-state index < -0.39 is 10.1 Å². The largest absolute Gasteiger partial charge is 0.394 e. The minimum atomic E-state index is -4.42. The maximum absolute atomic E-state index is 11.3. The first-order valence-electron chi connectivity index (χ1n) is 4.83. The number of nitrogens with one attached hydrogen (secondary N) is 1. The summed E-state index contributed by atoms with van der Waals surface area (Å²) >= 11 is 11.6. The highest BCUT2D eigenvalue weighted by atomic mass is 35.5. The molecule has 0 amide bonds. The molecular formula is C9H8Cl2N4O3S. The number of nitrogens with two attached hydrogens (primary N) is 1. The highest BCUT2D eigenvalue weighted by Crippen LogP contribution is 2.27. The molecule has 1 heterocycles. The third-order valence-corrected chi connectivity index (χ3v) is 3.69. The molecule has 0 saturated carbocycles. The Morgan fingerprint density at radius 1 is 1.32 bits per heavy atom. The second-order valence-corrected chi connectivity index (χ2v) is 5.61. The second kappa shape index (κ2) is 4.89. The Bertz CT molecular complexity index is 686. The van der Waals surface area contributed by atoms with Crippen LogP contribution in [0, 0.1) is 0 Å². The molecule has 4 N–H and O–H groups in total. The lowest BCUT2D eigenvalue weighted by Crippen LogP contribution is -2.39. The molecule has 102 valence electrons. The van der Waals surface area contributed by atoms with Crippen LogP contribution in [0.15, 0.2) is 45.1 Å². The fourth-order valence-corrected chi connectivity index (χ4v) is 2.43. The first kappa shape index (κ1) is 13.9. The van der Waals surface area contributed by atoms with Gasteiger partial charge in [0.15, 0.2) is 5.17 Å². The zero-order chi connectivity index (χ0) is 14.2. The Hall–Kier alpha value is -1.48. The van der Waals surface area contributed by atoms with Crippen LogP contribution in [-0.4, -0.2) is 18.1 Å². The van der Waals surface area contributed by atoms with Crippen LogP contribution >= 0.6 is 23.2 Å². The smallest absolute Gasteiger partial charge is 0.296 e. The number of hydrazone groups is 1. The zero-order valence-corrected chi connectivity index (χ0v) is 11.5. The van der Waals surface area contributed by atoms with Crippen molar-refractivity contribution in [3.05, 3.63) is 35.1 Å². The number of benzene rings is 1. The van der Waals surface area contributed by atoms with Gasteiger partial charge in [-0.2, -0.15) is 13.5 Å². The summed E-state index contributed by atoms with van der Waals surface area (Å²) in [6, 6.07) is 5.64. The number of hydrogen-bond donors (Lipinski definition) is 3. The van der Waals surface area contributed by atoms with Gasteiger partial charge in [0.1, 0.15) is 21.4 Å². The molecule has 7 nitrogen and oxygen atoms in total. The van der Waals surface area contributed by atoms with E-state index in [0.717, 1.165) is 5.12 Å². The minimum absolute atomic E-state index is 0.00913. The molecule has 19 heavy (non-hydrogen) atoms. The van der Waals surface area contributed by atoms with E-state index in [1.54, 1.807) is 6.07 Å². The SMILES string of the molecule is NC1=C(Cl)NN(c2ccccc2S(=O)(=O)O)N=C1Cl. The Kier molecular flexibility index (Phi) is 3.59. The normalized spacial score (nSPS) is 16.2. The molecule has 0 unspecified atom stereocenters. The maximum atomic E-state index is 11.3. The van der Waals surface area contributed by atoms with Gasteiger partial charge in [-0.1, -0.05) is 35.3 Å². The van der Waals surface area contributed by atoms with Gasteiger partial charge in [-0.15, -0.1) is 5.10 Å². The molecule has 0 fully saturated rings. The lowest BCUT2D eigenvalue weighted by Gasteiger charge is -2.26. The number of para-hydroxylation sites is 1. The number of allylic oxidation sites excluding steroid dienone is 1. The first-order valence-corrected chi connectivity index (χ1v) is 7.03. The average Bonchev–Trinajstić information content (AvgIpc) is 2.34. The van der Waals surface area contributed by atoms with Crippen molar-refractivity contribution in [2.24, 2.45) is 10.8 Å². The Balaban J connectivity index is 2.52. The van der Waals surface area contributed by atoms with Crippen LogP contribution in [0.25, 0.3) is 0 Å². The van der Waals surface area contributed by atoms with Crippen LogP contribution in [0.2, 0.25) is 0 Å². The summed E-state index contributed by atoms with van der Waals surface area (Å²) in [5, 5.41) is 4.71.